The van der Waals surface area contributed by atoms with Gasteiger partial charge in [-0.2, -0.15) is 4.31 Å². The van der Waals surface area contributed by atoms with Crippen molar-refractivity contribution >= 4 is 15.9 Å². The zero-order chi connectivity index (χ0) is 17.9. The van der Waals surface area contributed by atoms with Gasteiger partial charge in [0.05, 0.1) is 6.26 Å². The molecule has 0 fully saturated rings. The topological polar surface area (TPSA) is 79.4 Å². The molecule has 1 N–H and O–H groups in total. The van der Waals surface area contributed by atoms with E-state index in [2.05, 4.69) is 10.3 Å². The molecular weight excluding hydrogens is 338 g/mol. The minimum absolute atomic E-state index is 0.229. The zero-order valence-electron chi connectivity index (χ0n) is 14.1. The third kappa shape index (κ3) is 4.24. The average molecular weight is 359 g/mol. The summed E-state index contributed by atoms with van der Waals surface area (Å²) in [6, 6.07) is 12.6. The molecule has 1 amide bonds. The molecule has 7 heteroatoms. The van der Waals surface area contributed by atoms with Crippen LogP contribution in [-0.2, 0) is 34.2 Å². The summed E-state index contributed by atoms with van der Waals surface area (Å²) in [5, 5.41) is 2.85. The molecule has 0 bridgehead atoms. The van der Waals surface area contributed by atoms with Crippen molar-refractivity contribution in [2.45, 2.75) is 25.4 Å². The third-order valence-corrected chi connectivity index (χ3v) is 5.58. The van der Waals surface area contributed by atoms with Crippen LogP contribution in [0.4, 0.5) is 0 Å². The molecule has 0 saturated heterocycles. The Balaban J connectivity index is 1.71. The maximum Gasteiger partial charge on any atom is 0.238 e. The molecule has 25 heavy (non-hydrogen) atoms. The molecule has 132 valence electrons. The Labute approximate surface area is 147 Å². The molecule has 2 aromatic rings. The van der Waals surface area contributed by atoms with Gasteiger partial charge in [0.25, 0.3) is 0 Å². The first kappa shape index (κ1) is 17.6. The molecule has 0 radical (unpaired) electrons. The third-order valence-electron chi connectivity index (χ3n) is 4.34. The van der Waals surface area contributed by atoms with E-state index in [1.165, 1.54) is 4.31 Å². The Hall–Kier alpha value is -2.25. The number of nitrogens with zero attached hydrogens (tertiary/aromatic N) is 2. The van der Waals surface area contributed by atoms with Crippen molar-refractivity contribution in [3.8, 4) is 0 Å². The second-order valence-corrected chi connectivity index (χ2v) is 8.09. The van der Waals surface area contributed by atoms with Gasteiger partial charge in [-0.25, -0.2) is 8.42 Å². The standard InChI is InChI=1S/C18H21N3O3S/c1-25(23,24)21-13-15-7-3-2-6-14(15)12-17(21)18(22)20-11-9-16-8-4-5-10-19-16/h2-8,10,17H,9,11-13H2,1H3,(H,20,22). The lowest BCUT2D eigenvalue weighted by atomic mass is 9.95. The van der Waals surface area contributed by atoms with E-state index in [4.69, 9.17) is 0 Å². The molecular formula is C18H21N3O3S. The molecule has 1 aromatic heterocycles. The van der Waals surface area contributed by atoms with Crippen LogP contribution in [-0.4, -0.2) is 42.5 Å². The van der Waals surface area contributed by atoms with E-state index in [1.54, 1.807) is 6.20 Å². The van der Waals surface area contributed by atoms with E-state index in [0.29, 0.717) is 19.4 Å². The van der Waals surface area contributed by atoms with Gasteiger partial charge in [0.15, 0.2) is 0 Å². The van der Waals surface area contributed by atoms with Crippen LogP contribution in [0.2, 0.25) is 0 Å². The largest absolute Gasteiger partial charge is 0.354 e. The minimum Gasteiger partial charge on any atom is -0.354 e. The molecule has 0 aliphatic carbocycles. The first-order chi connectivity index (χ1) is 11.9. The monoisotopic (exact) mass is 359 g/mol. The summed E-state index contributed by atoms with van der Waals surface area (Å²) in [6.07, 6.45) is 3.85. The van der Waals surface area contributed by atoms with Gasteiger partial charge in [-0.1, -0.05) is 30.3 Å². The summed E-state index contributed by atoms with van der Waals surface area (Å²) in [4.78, 5) is 16.8. The van der Waals surface area contributed by atoms with E-state index in [9.17, 15) is 13.2 Å². The van der Waals surface area contributed by atoms with Gasteiger partial charge in [0, 0.05) is 31.4 Å². The summed E-state index contributed by atoms with van der Waals surface area (Å²) >= 11 is 0. The Morgan fingerprint density at radius 3 is 2.60 bits per heavy atom. The smallest absolute Gasteiger partial charge is 0.238 e. The van der Waals surface area contributed by atoms with Gasteiger partial charge < -0.3 is 5.32 Å². The molecule has 3 rings (SSSR count). The van der Waals surface area contributed by atoms with Gasteiger partial charge in [0.2, 0.25) is 15.9 Å². The number of carbonyl (C=O) groups excluding carboxylic acids is 1. The Kier molecular flexibility index (Phi) is 5.15. The number of rotatable bonds is 5. The quantitative estimate of drug-likeness (QED) is 0.868. The highest BCUT2D eigenvalue weighted by molar-refractivity contribution is 7.88. The van der Waals surface area contributed by atoms with Crippen LogP contribution in [0.25, 0.3) is 0 Å². The van der Waals surface area contributed by atoms with Crippen molar-refractivity contribution in [2.75, 3.05) is 12.8 Å². The number of aromatic nitrogens is 1. The summed E-state index contributed by atoms with van der Waals surface area (Å²) in [5.74, 6) is -0.268. The number of sulfonamides is 1. The van der Waals surface area contributed by atoms with E-state index < -0.39 is 16.1 Å². The molecule has 1 atom stereocenters. The first-order valence-electron chi connectivity index (χ1n) is 8.16. The fourth-order valence-corrected chi connectivity index (χ4v) is 4.05. The summed E-state index contributed by atoms with van der Waals surface area (Å²) < 4.78 is 25.6. The average Bonchev–Trinajstić information content (AvgIpc) is 2.60. The molecule has 1 aliphatic rings. The highest BCUT2D eigenvalue weighted by atomic mass is 32.2. The summed E-state index contributed by atoms with van der Waals surface area (Å²) in [6.45, 7) is 0.652. The van der Waals surface area contributed by atoms with Crippen LogP contribution in [0.3, 0.4) is 0 Å². The Morgan fingerprint density at radius 1 is 1.20 bits per heavy atom. The predicted molar refractivity (Wildman–Crippen MR) is 95.3 cm³/mol. The lowest BCUT2D eigenvalue weighted by Crippen LogP contribution is -2.52. The van der Waals surface area contributed by atoms with Crippen LogP contribution in [0.1, 0.15) is 16.8 Å². The van der Waals surface area contributed by atoms with E-state index >= 15 is 0 Å². The molecule has 6 nitrogen and oxygen atoms in total. The van der Waals surface area contributed by atoms with Crippen molar-refractivity contribution in [3.63, 3.8) is 0 Å². The number of fused-ring (bicyclic) bond motifs is 1. The maximum atomic E-state index is 12.6. The van der Waals surface area contributed by atoms with Crippen molar-refractivity contribution in [3.05, 3.63) is 65.5 Å². The molecule has 2 heterocycles. The fraction of sp³-hybridized carbons (Fsp3) is 0.333. The van der Waals surface area contributed by atoms with Crippen LogP contribution in [0.5, 0.6) is 0 Å². The Morgan fingerprint density at radius 2 is 1.92 bits per heavy atom. The molecule has 1 aliphatic heterocycles. The number of hydrogen-bond donors (Lipinski definition) is 1. The number of amides is 1. The Bertz CT molecular complexity index is 853. The fourth-order valence-electron chi connectivity index (χ4n) is 3.05. The minimum atomic E-state index is -3.48. The first-order valence-corrected chi connectivity index (χ1v) is 10.0. The van der Waals surface area contributed by atoms with Gasteiger partial charge in [0.1, 0.15) is 6.04 Å². The van der Waals surface area contributed by atoms with Crippen molar-refractivity contribution < 1.29 is 13.2 Å². The van der Waals surface area contributed by atoms with Crippen LogP contribution in [0, 0.1) is 0 Å². The second kappa shape index (κ2) is 7.33. The second-order valence-electron chi connectivity index (χ2n) is 6.16. The lowest BCUT2D eigenvalue weighted by Gasteiger charge is -2.34. The van der Waals surface area contributed by atoms with Crippen LogP contribution >= 0.6 is 0 Å². The molecule has 1 aromatic carbocycles. The number of pyridine rings is 1. The van der Waals surface area contributed by atoms with Gasteiger partial charge in [-0.3, -0.25) is 9.78 Å². The number of nitrogens with one attached hydrogen (secondary N) is 1. The zero-order valence-corrected chi connectivity index (χ0v) is 14.9. The molecule has 0 spiro atoms. The maximum absolute atomic E-state index is 12.6. The molecule has 1 unspecified atom stereocenters. The SMILES string of the molecule is CS(=O)(=O)N1Cc2ccccc2CC1C(=O)NCCc1ccccn1. The van der Waals surface area contributed by atoms with Crippen molar-refractivity contribution in [1.82, 2.24) is 14.6 Å². The number of carbonyl (C=O) groups is 1. The van der Waals surface area contributed by atoms with Gasteiger partial charge in [-0.05, 0) is 29.7 Å². The van der Waals surface area contributed by atoms with E-state index in [0.717, 1.165) is 23.1 Å². The van der Waals surface area contributed by atoms with Crippen LogP contribution < -0.4 is 5.32 Å². The normalized spacial score (nSPS) is 17.7. The van der Waals surface area contributed by atoms with Gasteiger partial charge in [-0.15, -0.1) is 0 Å². The highest BCUT2D eigenvalue weighted by Crippen LogP contribution is 2.25. The molecule has 0 saturated carbocycles. The summed E-state index contributed by atoms with van der Waals surface area (Å²) in [5.41, 5.74) is 2.86. The number of benzene rings is 1. The van der Waals surface area contributed by atoms with Crippen molar-refractivity contribution in [2.24, 2.45) is 0 Å². The van der Waals surface area contributed by atoms with Crippen LogP contribution in [0.15, 0.2) is 48.7 Å². The highest BCUT2D eigenvalue weighted by Gasteiger charge is 2.36. The van der Waals surface area contributed by atoms with Gasteiger partial charge >= 0.3 is 0 Å². The summed E-state index contributed by atoms with van der Waals surface area (Å²) in [7, 11) is -3.48. The number of hydrogen-bond acceptors (Lipinski definition) is 4. The van der Waals surface area contributed by atoms with Crippen molar-refractivity contribution in [1.29, 1.82) is 0 Å². The van der Waals surface area contributed by atoms with E-state index in [-0.39, 0.29) is 12.5 Å². The lowest BCUT2D eigenvalue weighted by molar-refractivity contribution is -0.125. The van der Waals surface area contributed by atoms with E-state index in [1.807, 2.05) is 42.5 Å². The predicted octanol–water partition coefficient (Wildman–Crippen LogP) is 1.13.